The monoisotopic (exact) mass is 396 g/mol. The first-order chi connectivity index (χ1) is 14.1. The van der Waals surface area contributed by atoms with Crippen LogP contribution in [0, 0.1) is 5.82 Å². The lowest BCUT2D eigenvalue weighted by Gasteiger charge is -2.11. The summed E-state index contributed by atoms with van der Waals surface area (Å²) in [4.78, 5) is 15.7. The van der Waals surface area contributed by atoms with Crippen molar-refractivity contribution >= 4 is 16.8 Å². The number of hydrogen-bond donors (Lipinski definition) is 2. The molecule has 1 aromatic heterocycles. The Hall–Kier alpha value is -2.86. The second-order valence-corrected chi connectivity index (χ2v) is 7.34. The van der Waals surface area contributed by atoms with Crippen molar-refractivity contribution in [3.05, 3.63) is 53.8 Å². The molecule has 29 heavy (non-hydrogen) atoms. The van der Waals surface area contributed by atoms with Gasteiger partial charge in [-0.1, -0.05) is 0 Å². The molecule has 0 radical (unpaired) electrons. The number of carbonyl (C=O) groups excluding carboxylic acids is 1. The van der Waals surface area contributed by atoms with Crippen molar-refractivity contribution in [2.75, 3.05) is 20.3 Å². The molecule has 1 aliphatic heterocycles. The molecule has 152 valence electrons. The number of ether oxygens (including phenoxy) is 2. The predicted molar refractivity (Wildman–Crippen MR) is 111 cm³/mol. The molecule has 1 saturated heterocycles. The average Bonchev–Trinajstić information content (AvgIpc) is 3.38. The Morgan fingerprint density at radius 1 is 1.28 bits per heavy atom. The molecule has 2 N–H and O–H groups in total. The molecule has 1 fully saturated rings. The van der Waals surface area contributed by atoms with E-state index in [9.17, 15) is 9.18 Å². The number of aromatic nitrogens is 1. The van der Waals surface area contributed by atoms with Crippen molar-refractivity contribution < 1.29 is 18.7 Å². The zero-order valence-corrected chi connectivity index (χ0v) is 16.5. The van der Waals surface area contributed by atoms with E-state index in [4.69, 9.17) is 9.47 Å². The molecule has 1 atom stereocenters. The summed E-state index contributed by atoms with van der Waals surface area (Å²) in [5.74, 6) is 0.458. The number of H-pyrrole nitrogens is 1. The van der Waals surface area contributed by atoms with Crippen LogP contribution in [0.1, 0.15) is 24.8 Å². The number of methoxy groups -OCH3 is 1. The molecule has 2 aromatic carbocycles. The number of aromatic amines is 1. The molecule has 1 aliphatic rings. The number of halogens is 1. The molecule has 0 spiro atoms. The first-order valence-corrected chi connectivity index (χ1v) is 9.97. The van der Waals surface area contributed by atoms with Crippen LogP contribution in [0.3, 0.4) is 0 Å². The molecule has 0 unspecified atom stereocenters. The minimum atomic E-state index is -0.290. The van der Waals surface area contributed by atoms with Crippen molar-refractivity contribution in [2.45, 2.75) is 31.8 Å². The van der Waals surface area contributed by atoms with Gasteiger partial charge in [-0.25, -0.2) is 4.39 Å². The Labute approximate surface area is 169 Å². The Balaban J connectivity index is 1.55. The van der Waals surface area contributed by atoms with Gasteiger partial charge in [0.05, 0.1) is 13.2 Å². The van der Waals surface area contributed by atoms with Gasteiger partial charge >= 0.3 is 0 Å². The van der Waals surface area contributed by atoms with Crippen LogP contribution in [0.15, 0.2) is 42.5 Å². The van der Waals surface area contributed by atoms with Gasteiger partial charge in [0.25, 0.3) is 0 Å². The largest absolute Gasteiger partial charge is 0.497 e. The summed E-state index contributed by atoms with van der Waals surface area (Å²) in [5.41, 5.74) is 3.67. The van der Waals surface area contributed by atoms with E-state index < -0.39 is 0 Å². The smallest absolute Gasteiger partial charge is 0.220 e. The van der Waals surface area contributed by atoms with Crippen molar-refractivity contribution in [1.29, 1.82) is 0 Å². The van der Waals surface area contributed by atoms with Crippen molar-refractivity contribution in [3.8, 4) is 17.0 Å². The number of nitrogens with one attached hydrogen (secondary N) is 2. The molecule has 0 aliphatic carbocycles. The molecule has 1 amide bonds. The van der Waals surface area contributed by atoms with Crippen LogP contribution in [0.2, 0.25) is 0 Å². The highest BCUT2D eigenvalue weighted by Crippen LogP contribution is 2.32. The maximum absolute atomic E-state index is 13.9. The lowest BCUT2D eigenvalue weighted by atomic mass is 10.0. The maximum Gasteiger partial charge on any atom is 0.220 e. The van der Waals surface area contributed by atoms with E-state index in [0.29, 0.717) is 19.4 Å². The highest BCUT2D eigenvalue weighted by molar-refractivity contribution is 5.91. The number of carbonyl (C=O) groups is 1. The molecular formula is C23H25FN2O3. The number of rotatable bonds is 7. The Kier molecular flexibility index (Phi) is 5.81. The number of aryl methyl sites for hydroxylation is 1. The maximum atomic E-state index is 13.9. The quantitative estimate of drug-likeness (QED) is 0.629. The molecule has 5 nitrogen and oxygen atoms in total. The summed E-state index contributed by atoms with van der Waals surface area (Å²) in [5, 5.41) is 3.76. The summed E-state index contributed by atoms with van der Waals surface area (Å²) in [6, 6.07) is 12.4. The summed E-state index contributed by atoms with van der Waals surface area (Å²) < 4.78 is 24.7. The van der Waals surface area contributed by atoms with Crippen LogP contribution in [-0.2, 0) is 16.0 Å². The van der Waals surface area contributed by atoms with Crippen LogP contribution in [-0.4, -0.2) is 37.3 Å². The lowest BCUT2D eigenvalue weighted by Crippen LogP contribution is -2.31. The normalized spacial score (nSPS) is 16.3. The summed E-state index contributed by atoms with van der Waals surface area (Å²) >= 11 is 0. The fourth-order valence-corrected chi connectivity index (χ4v) is 3.84. The number of hydrogen-bond acceptors (Lipinski definition) is 3. The van der Waals surface area contributed by atoms with E-state index in [1.807, 2.05) is 24.3 Å². The second-order valence-electron chi connectivity index (χ2n) is 7.34. The predicted octanol–water partition coefficient (Wildman–Crippen LogP) is 4.21. The zero-order chi connectivity index (χ0) is 20.2. The van der Waals surface area contributed by atoms with Gasteiger partial charge < -0.3 is 19.8 Å². The number of benzene rings is 2. The van der Waals surface area contributed by atoms with Gasteiger partial charge in [-0.15, -0.1) is 0 Å². The molecule has 3 aromatic rings. The molecule has 4 rings (SSSR count). The topological polar surface area (TPSA) is 63.4 Å². The van der Waals surface area contributed by atoms with Gasteiger partial charge in [-0.2, -0.15) is 0 Å². The van der Waals surface area contributed by atoms with Gasteiger partial charge in [0.1, 0.15) is 11.6 Å². The molecule has 0 saturated carbocycles. The van der Waals surface area contributed by atoms with Gasteiger partial charge in [0, 0.05) is 36.2 Å². The molecule has 2 heterocycles. The van der Waals surface area contributed by atoms with E-state index in [1.165, 1.54) is 12.1 Å². The first kappa shape index (κ1) is 19.5. The summed E-state index contributed by atoms with van der Waals surface area (Å²) in [6.45, 7) is 1.32. The van der Waals surface area contributed by atoms with E-state index in [2.05, 4.69) is 10.3 Å². The Morgan fingerprint density at radius 3 is 2.83 bits per heavy atom. The molecular weight excluding hydrogens is 371 g/mol. The fourth-order valence-electron chi connectivity index (χ4n) is 3.84. The molecule has 0 bridgehead atoms. The van der Waals surface area contributed by atoms with E-state index >= 15 is 0 Å². The third-order valence-corrected chi connectivity index (χ3v) is 5.40. The zero-order valence-electron chi connectivity index (χ0n) is 16.5. The van der Waals surface area contributed by atoms with E-state index in [1.54, 1.807) is 13.2 Å². The summed E-state index contributed by atoms with van der Waals surface area (Å²) in [6.07, 6.45) is 3.01. The van der Waals surface area contributed by atoms with E-state index in [0.717, 1.165) is 52.9 Å². The van der Waals surface area contributed by atoms with Crippen LogP contribution < -0.4 is 10.1 Å². The third-order valence-electron chi connectivity index (χ3n) is 5.40. The number of fused-ring (bicyclic) bond motifs is 1. The van der Waals surface area contributed by atoms with Crippen molar-refractivity contribution in [3.63, 3.8) is 0 Å². The minimum Gasteiger partial charge on any atom is -0.497 e. The van der Waals surface area contributed by atoms with Gasteiger partial charge in [0.15, 0.2) is 0 Å². The highest BCUT2D eigenvalue weighted by atomic mass is 19.1. The van der Waals surface area contributed by atoms with E-state index in [-0.39, 0.29) is 17.8 Å². The van der Waals surface area contributed by atoms with Crippen molar-refractivity contribution in [1.82, 2.24) is 10.3 Å². The van der Waals surface area contributed by atoms with Crippen LogP contribution in [0.25, 0.3) is 22.2 Å². The standard InChI is InChI=1S/C23H25FN2O3/c1-28-17-7-4-15(5-8-17)23-19(20-13-16(24)6-10-21(20)26-23)9-11-22(27)25-14-18-3-2-12-29-18/h4-8,10,13,18,26H,2-3,9,11-12,14H2,1H3,(H,25,27)/t18-/m0/s1. The van der Waals surface area contributed by atoms with Gasteiger partial charge in [-0.05, 0) is 72.9 Å². The third kappa shape index (κ3) is 4.43. The fraction of sp³-hybridized carbons (Fsp3) is 0.348. The SMILES string of the molecule is COc1ccc(-c2[nH]c3ccc(F)cc3c2CCC(=O)NC[C@@H]2CCCO2)cc1. The van der Waals surface area contributed by atoms with Crippen LogP contribution in [0.4, 0.5) is 4.39 Å². The van der Waals surface area contributed by atoms with Crippen LogP contribution in [0.5, 0.6) is 5.75 Å². The number of amides is 1. The Morgan fingerprint density at radius 2 is 2.10 bits per heavy atom. The minimum absolute atomic E-state index is 0.0214. The molecule has 6 heteroatoms. The lowest BCUT2D eigenvalue weighted by molar-refractivity contribution is -0.121. The van der Waals surface area contributed by atoms with Crippen molar-refractivity contribution in [2.24, 2.45) is 0 Å². The first-order valence-electron chi connectivity index (χ1n) is 9.97. The second kappa shape index (κ2) is 8.66. The van der Waals surface area contributed by atoms with Gasteiger partial charge in [-0.3, -0.25) is 4.79 Å². The average molecular weight is 396 g/mol. The Bertz CT molecular complexity index is 991. The van der Waals surface area contributed by atoms with Gasteiger partial charge in [0.2, 0.25) is 5.91 Å². The highest BCUT2D eigenvalue weighted by Gasteiger charge is 2.18. The summed E-state index contributed by atoms with van der Waals surface area (Å²) in [7, 11) is 1.63. The van der Waals surface area contributed by atoms with Crippen LogP contribution >= 0.6 is 0 Å².